The van der Waals surface area contributed by atoms with Crippen molar-refractivity contribution in [3.8, 4) is 17.5 Å². The van der Waals surface area contributed by atoms with Gasteiger partial charge in [-0.15, -0.1) is 5.10 Å². The highest BCUT2D eigenvalue weighted by Gasteiger charge is 2.10. The SMILES string of the molecule is N#Cc1cccn2nc(-c3ccc(Cl)c(Cl)c3)nc12. The summed E-state index contributed by atoms with van der Waals surface area (Å²) in [7, 11) is 0. The van der Waals surface area contributed by atoms with Crippen molar-refractivity contribution in [3.63, 3.8) is 0 Å². The van der Waals surface area contributed by atoms with Crippen molar-refractivity contribution >= 4 is 28.8 Å². The van der Waals surface area contributed by atoms with Gasteiger partial charge in [0.15, 0.2) is 11.5 Å². The lowest BCUT2D eigenvalue weighted by Crippen LogP contribution is -1.88. The molecule has 19 heavy (non-hydrogen) atoms. The second-order valence-electron chi connectivity index (χ2n) is 3.87. The van der Waals surface area contributed by atoms with Crippen molar-refractivity contribution in [2.24, 2.45) is 0 Å². The molecule has 0 atom stereocenters. The van der Waals surface area contributed by atoms with Crippen molar-refractivity contribution in [2.45, 2.75) is 0 Å². The molecule has 0 aliphatic rings. The molecule has 3 rings (SSSR count). The molecule has 0 amide bonds. The van der Waals surface area contributed by atoms with Gasteiger partial charge in [-0.2, -0.15) is 5.26 Å². The van der Waals surface area contributed by atoms with Gasteiger partial charge in [-0.05, 0) is 30.3 Å². The minimum absolute atomic E-state index is 0.443. The van der Waals surface area contributed by atoms with Crippen molar-refractivity contribution in [2.75, 3.05) is 0 Å². The summed E-state index contributed by atoms with van der Waals surface area (Å²) in [6.45, 7) is 0. The van der Waals surface area contributed by atoms with Gasteiger partial charge in [-0.3, -0.25) is 0 Å². The first-order chi connectivity index (χ1) is 9.19. The van der Waals surface area contributed by atoms with Gasteiger partial charge in [-0.25, -0.2) is 9.50 Å². The summed E-state index contributed by atoms with van der Waals surface area (Å²) in [6.07, 6.45) is 1.74. The summed E-state index contributed by atoms with van der Waals surface area (Å²) in [6, 6.07) is 10.7. The monoisotopic (exact) mass is 288 g/mol. The van der Waals surface area contributed by atoms with Crippen LogP contribution < -0.4 is 0 Å². The number of hydrogen-bond acceptors (Lipinski definition) is 3. The Morgan fingerprint density at radius 1 is 1.16 bits per heavy atom. The van der Waals surface area contributed by atoms with Gasteiger partial charge in [0.05, 0.1) is 15.6 Å². The summed E-state index contributed by atoms with van der Waals surface area (Å²) < 4.78 is 1.57. The molecular formula is C13H6Cl2N4. The predicted octanol–water partition coefficient (Wildman–Crippen LogP) is 3.57. The van der Waals surface area contributed by atoms with Crippen LogP contribution in [0, 0.1) is 11.3 Å². The van der Waals surface area contributed by atoms with E-state index in [9.17, 15) is 0 Å². The van der Waals surface area contributed by atoms with Crippen LogP contribution in [0.5, 0.6) is 0 Å². The van der Waals surface area contributed by atoms with Crippen LogP contribution in [-0.2, 0) is 0 Å². The molecule has 3 aromatic rings. The van der Waals surface area contributed by atoms with Crippen LogP contribution in [0.4, 0.5) is 0 Å². The van der Waals surface area contributed by atoms with E-state index in [0.29, 0.717) is 27.1 Å². The molecule has 0 saturated carbocycles. The third-order valence-electron chi connectivity index (χ3n) is 2.66. The highest BCUT2D eigenvalue weighted by molar-refractivity contribution is 6.42. The number of pyridine rings is 1. The third-order valence-corrected chi connectivity index (χ3v) is 3.40. The lowest BCUT2D eigenvalue weighted by atomic mass is 10.2. The summed E-state index contributed by atoms with van der Waals surface area (Å²) in [4.78, 5) is 4.35. The molecule has 0 bridgehead atoms. The Kier molecular flexibility index (Phi) is 2.86. The fourth-order valence-electron chi connectivity index (χ4n) is 1.75. The summed E-state index contributed by atoms with van der Waals surface area (Å²) >= 11 is 11.8. The van der Waals surface area contributed by atoms with Crippen molar-refractivity contribution in [1.29, 1.82) is 5.26 Å². The van der Waals surface area contributed by atoms with Gasteiger partial charge >= 0.3 is 0 Å². The van der Waals surface area contributed by atoms with Crippen molar-refractivity contribution in [1.82, 2.24) is 14.6 Å². The molecule has 0 unspecified atom stereocenters. The largest absolute Gasteiger partial charge is 0.219 e. The van der Waals surface area contributed by atoms with E-state index in [0.717, 1.165) is 5.56 Å². The van der Waals surface area contributed by atoms with Crippen LogP contribution >= 0.6 is 23.2 Å². The Morgan fingerprint density at radius 3 is 2.74 bits per heavy atom. The van der Waals surface area contributed by atoms with E-state index in [1.165, 1.54) is 0 Å². The Bertz CT molecular complexity index is 817. The number of aromatic nitrogens is 3. The van der Waals surface area contributed by atoms with Gasteiger partial charge in [0.25, 0.3) is 0 Å². The van der Waals surface area contributed by atoms with Crippen LogP contribution in [0.3, 0.4) is 0 Å². The summed E-state index contributed by atoms with van der Waals surface area (Å²) in [5, 5.41) is 14.3. The first-order valence-electron chi connectivity index (χ1n) is 5.40. The normalized spacial score (nSPS) is 10.6. The maximum Gasteiger partial charge on any atom is 0.182 e. The molecule has 0 aliphatic carbocycles. The van der Waals surface area contributed by atoms with E-state index in [-0.39, 0.29) is 0 Å². The second kappa shape index (κ2) is 4.54. The zero-order valence-corrected chi connectivity index (χ0v) is 11.0. The highest BCUT2D eigenvalue weighted by atomic mass is 35.5. The first kappa shape index (κ1) is 12.0. The molecule has 2 heterocycles. The van der Waals surface area contributed by atoms with Crippen LogP contribution in [0.1, 0.15) is 5.56 Å². The van der Waals surface area contributed by atoms with Gasteiger partial charge in [0.2, 0.25) is 0 Å². The van der Waals surface area contributed by atoms with E-state index < -0.39 is 0 Å². The van der Waals surface area contributed by atoms with Gasteiger partial charge in [0, 0.05) is 11.8 Å². The van der Waals surface area contributed by atoms with E-state index in [1.807, 2.05) is 0 Å². The average molecular weight is 289 g/mol. The van der Waals surface area contributed by atoms with Crippen LogP contribution in [-0.4, -0.2) is 14.6 Å². The maximum absolute atomic E-state index is 9.03. The van der Waals surface area contributed by atoms with Crippen LogP contribution in [0.15, 0.2) is 36.5 Å². The van der Waals surface area contributed by atoms with Gasteiger partial charge < -0.3 is 0 Å². The average Bonchev–Trinajstić information content (AvgIpc) is 2.85. The maximum atomic E-state index is 9.03. The third kappa shape index (κ3) is 2.03. The molecule has 6 heteroatoms. The highest BCUT2D eigenvalue weighted by Crippen LogP contribution is 2.27. The number of benzene rings is 1. The molecule has 0 N–H and O–H groups in total. The topological polar surface area (TPSA) is 54.0 Å². The molecule has 0 saturated heterocycles. The molecule has 2 aromatic heterocycles. The quantitative estimate of drug-likeness (QED) is 0.688. The Morgan fingerprint density at radius 2 is 2.00 bits per heavy atom. The zero-order chi connectivity index (χ0) is 13.4. The van der Waals surface area contributed by atoms with E-state index >= 15 is 0 Å². The van der Waals surface area contributed by atoms with Crippen molar-refractivity contribution < 1.29 is 0 Å². The summed E-state index contributed by atoms with van der Waals surface area (Å²) in [5.74, 6) is 0.501. The molecule has 4 nitrogen and oxygen atoms in total. The summed E-state index contributed by atoms with van der Waals surface area (Å²) in [5.41, 5.74) is 1.74. The molecule has 0 radical (unpaired) electrons. The second-order valence-corrected chi connectivity index (χ2v) is 4.68. The molecule has 0 spiro atoms. The lowest BCUT2D eigenvalue weighted by Gasteiger charge is -1.97. The van der Waals surface area contributed by atoms with Gasteiger partial charge in [-0.1, -0.05) is 23.2 Å². The minimum atomic E-state index is 0.443. The zero-order valence-electron chi connectivity index (χ0n) is 9.51. The van der Waals surface area contributed by atoms with Crippen LogP contribution in [0.25, 0.3) is 17.0 Å². The number of hydrogen-bond donors (Lipinski definition) is 0. The van der Waals surface area contributed by atoms with Crippen LogP contribution in [0.2, 0.25) is 10.0 Å². The standard InChI is InChI=1S/C13H6Cl2N4/c14-10-4-3-8(6-11(10)15)12-17-13-9(7-16)2-1-5-19(13)18-12/h1-6H. The fourth-order valence-corrected chi connectivity index (χ4v) is 2.05. The minimum Gasteiger partial charge on any atom is -0.219 e. The van der Waals surface area contributed by atoms with E-state index in [1.54, 1.807) is 41.0 Å². The number of rotatable bonds is 1. The first-order valence-corrected chi connectivity index (χ1v) is 6.15. The van der Waals surface area contributed by atoms with E-state index in [2.05, 4.69) is 16.2 Å². The Hall–Kier alpha value is -2.09. The number of fused-ring (bicyclic) bond motifs is 1. The molecular weight excluding hydrogens is 283 g/mol. The molecule has 0 fully saturated rings. The van der Waals surface area contributed by atoms with Crippen molar-refractivity contribution in [3.05, 3.63) is 52.1 Å². The number of nitrogens with zero attached hydrogens (tertiary/aromatic N) is 4. The Labute approximate surface area is 118 Å². The smallest absolute Gasteiger partial charge is 0.182 e. The Balaban J connectivity index is 2.21. The van der Waals surface area contributed by atoms with E-state index in [4.69, 9.17) is 28.5 Å². The molecule has 1 aromatic carbocycles. The molecule has 92 valence electrons. The lowest BCUT2D eigenvalue weighted by molar-refractivity contribution is 0.963. The number of halogens is 2. The molecule has 0 aliphatic heterocycles. The predicted molar refractivity (Wildman–Crippen MR) is 73.2 cm³/mol. The van der Waals surface area contributed by atoms with Gasteiger partial charge in [0.1, 0.15) is 6.07 Å². The fraction of sp³-hybridized carbons (Fsp3) is 0. The number of nitriles is 1.